The topological polar surface area (TPSA) is 60.5 Å². The fourth-order valence-electron chi connectivity index (χ4n) is 2.65. The molecule has 1 amide bonds. The zero-order valence-corrected chi connectivity index (χ0v) is 15.9. The Kier molecular flexibility index (Phi) is 5.23. The number of methoxy groups -OCH3 is 2. The van der Waals surface area contributed by atoms with E-state index in [2.05, 4.69) is 10.3 Å². The van der Waals surface area contributed by atoms with E-state index in [4.69, 9.17) is 9.47 Å². The number of ether oxygens (including phenoxy) is 2. The average molecular weight is 368 g/mol. The molecule has 5 nitrogen and oxygen atoms in total. The van der Waals surface area contributed by atoms with E-state index in [1.807, 2.05) is 50.2 Å². The summed E-state index contributed by atoms with van der Waals surface area (Å²) in [5.41, 5.74) is 3.25. The summed E-state index contributed by atoms with van der Waals surface area (Å²) in [6, 6.07) is 13.0. The molecule has 0 fully saturated rings. The van der Waals surface area contributed by atoms with Gasteiger partial charge < -0.3 is 9.47 Å². The van der Waals surface area contributed by atoms with Gasteiger partial charge in [-0.05, 0) is 44.2 Å². The number of amides is 1. The van der Waals surface area contributed by atoms with Gasteiger partial charge in [0.1, 0.15) is 11.5 Å². The van der Waals surface area contributed by atoms with Crippen LogP contribution in [0.15, 0.2) is 42.5 Å². The van der Waals surface area contributed by atoms with Crippen LogP contribution in [0.4, 0.5) is 5.13 Å². The smallest absolute Gasteiger partial charge is 0.257 e. The second-order valence-electron chi connectivity index (χ2n) is 5.81. The van der Waals surface area contributed by atoms with Crippen molar-refractivity contribution in [3.05, 3.63) is 58.5 Å². The number of carbonyl (C=O) groups excluding carboxylic acids is 1. The van der Waals surface area contributed by atoms with Crippen molar-refractivity contribution >= 4 is 22.4 Å². The molecule has 3 aromatic rings. The predicted molar refractivity (Wildman–Crippen MR) is 105 cm³/mol. The third-order valence-electron chi connectivity index (χ3n) is 3.96. The zero-order chi connectivity index (χ0) is 18.7. The molecule has 0 aliphatic heterocycles. The van der Waals surface area contributed by atoms with Gasteiger partial charge in [0.25, 0.3) is 5.91 Å². The second kappa shape index (κ2) is 7.58. The molecule has 1 N–H and O–H groups in total. The van der Waals surface area contributed by atoms with Gasteiger partial charge in [0.2, 0.25) is 0 Å². The molecule has 0 aliphatic rings. The van der Waals surface area contributed by atoms with Crippen molar-refractivity contribution in [2.45, 2.75) is 13.8 Å². The number of benzene rings is 2. The van der Waals surface area contributed by atoms with Crippen LogP contribution in [0.1, 0.15) is 20.8 Å². The van der Waals surface area contributed by atoms with E-state index >= 15 is 0 Å². The molecular formula is C20H20N2O3S. The number of aryl methyl sites for hydroxylation is 2. The maximum absolute atomic E-state index is 12.5. The summed E-state index contributed by atoms with van der Waals surface area (Å²) in [5, 5.41) is 3.43. The minimum atomic E-state index is -0.174. The van der Waals surface area contributed by atoms with Crippen molar-refractivity contribution in [1.82, 2.24) is 4.98 Å². The molecule has 0 aliphatic carbocycles. The summed E-state index contributed by atoms with van der Waals surface area (Å²) < 4.78 is 10.8. The maximum Gasteiger partial charge on any atom is 0.257 e. The predicted octanol–water partition coefficient (Wildman–Crippen LogP) is 4.70. The van der Waals surface area contributed by atoms with Gasteiger partial charge in [0.05, 0.1) is 19.9 Å². The summed E-state index contributed by atoms with van der Waals surface area (Å²) in [5.74, 6) is 1.25. The number of carbonyl (C=O) groups is 1. The molecule has 0 atom stereocenters. The highest BCUT2D eigenvalue weighted by Crippen LogP contribution is 2.38. The molecule has 26 heavy (non-hydrogen) atoms. The molecule has 0 saturated carbocycles. The third kappa shape index (κ3) is 3.70. The fourth-order valence-corrected chi connectivity index (χ4v) is 3.48. The van der Waals surface area contributed by atoms with Gasteiger partial charge in [-0.1, -0.05) is 17.7 Å². The van der Waals surface area contributed by atoms with Crippen LogP contribution in [0.25, 0.3) is 11.3 Å². The Balaban J connectivity index is 1.91. The molecule has 0 unspecified atom stereocenters. The summed E-state index contributed by atoms with van der Waals surface area (Å²) in [4.78, 5) is 18.0. The summed E-state index contributed by atoms with van der Waals surface area (Å²) in [7, 11) is 3.24. The van der Waals surface area contributed by atoms with E-state index in [1.165, 1.54) is 11.3 Å². The number of thiazole rings is 1. The lowest BCUT2D eigenvalue weighted by Crippen LogP contribution is -2.11. The lowest BCUT2D eigenvalue weighted by Gasteiger charge is -2.09. The number of rotatable bonds is 5. The van der Waals surface area contributed by atoms with Gasteiger partial charge in [-0.15, -0.1) is 11.3 Å². The van der Waals surface area contributed by atoms with E-state index < -0.39 is 0 Å². The number of aromatic nitrogens is 1. The molecule has 6 heteroatoms. The van der Waals surface area contributed by atoms with Crippen LogP contribution >= 0.6 is 11.3 Å². The Hall–Kier alpha value is -2.86. The first-order valence-electron chi connectivity index (χ1n) is 8.09. The van der Waals surface area contributed by atoms with Crippen LogP contribution in [0.2, 0.25) is 0 Å². The Morgan fingerprint density at radius 3 is 2.58 bits per heavy atom. The molecule has 0 radical (unpaired) electrons. The summed E-state index contributed by atoms with van der Waals surface area (Å²) in [6.45, 7) is 3.92. The van der Waals surface area contributed by atoms with Gasteiger partial charge in [-0.3, -0.25) is 10.1 Å². The van der Waals surface area contributed by atoms with Crippen molar-refractivity contribution in [1.29, 1.82) is 0 Å². The molecule has 0 saturated heterocycles. The highest BCUT2D eigenvalue weighted by atomic mass is 32.1. The Morgan fingerprint density at radius 2 is 1.88 bits per heavy atom. The van der Waals surface area contributed by atoms with Gasteiger partial charge in [-0.2, -0.15) is 0 Å². The molecule has 3 rings (SSSR count). The molecule has 1 heterocycles. The number of anilines is 1. The van der Waals surface area contributed by atoms with E-state index in [0.717, 1.165) is 27.4 Å². The first-order valence-corrected chi connectivity index (χ1v) is 8.91. The Bertz CT molecular complexity index is 950. The molecule has 1 aromatic heterocycles. The van der Waals surface area contributed by atoms with Gasteiger partial charge in [0.15, 0.2) is 5.13 Å². The zero-order valence-electron chi connectivity index (χ0n) is 15.1. The lowest BCUT2D eigenvalue weighted by molar-refractivity contribution is 0.102. The quantitative estimate of drug-likeness (QED) is 0.709. The minimum absolute atomic E-state index is 0.174. The average Bonchev–Trinajstić information content (AvgIpc) is 3.01. The molecule has 2 aromatic carbocycles. The van der Waals surface area contributed by atoms with E-state index in [9.17, 15) is 4.79 Å². The van der Waals surface area contributed by atoms with Crippen molar-refractivity contribution in [3.63, 3.8) is 0 Å². The SMILES string of the molecule is COc1ccc(OC)c(-c2nc(NC(=O)c3cccc(C)c3)sc2C)c1. The number of hydrogen-bond acceptors (Lipinski definition) is 5. The number of nitrogens with one attached hydrogen (secondary N) is 1. The standard InChI is InChI=1S/C20H20N2O3S/c1-12-6-5-7-14(10-12)19(23)22-20-21-18(13(2)26-20)16-11-15(24-3)8-9-17(16)25-4/h5-11H,1-4H3,(H,21,22,23). The van der Waals surface area contributed by atoms with Crippen molar-refractivity contribution in [3.8, 4) is 22.8 Å². The first-order chi connectivity index (χ1) is 12.5. The van der Waals surface area contributed by atoms with Crippen LogP contribution in [0.3, 0.4) is 0 Å². The monoisotopic (exact) mass is 368 g/mol. The van der Waals surface area contributed by atoms with Gasteiger partial charge in [-0.25, -0.2) is 4.98 Å². The Labute approximate surface area is 156 Å². The van der Waals surface area contributed by atoms with Gasteiger partial charge >= 0.3 is 0 Å². The fraction of sp³-hybridized carbons (Fsp3) is 0.200. The van der Waals surface area contributed by atoms with Crippen molar-refractivity contribution < 1.29 is 14.3 Å². The highest BCUT2D eigenvalue weighted by Gasteiger charge is 2.17. The van der Waals surface area contributed by atoms with E-state index in [-0.39, 0.29) is 5.91 Å². The lowest BCUT2D eigenvalue weighted by atomic mass is 10.1. The maximum atomic E-state index is 12.5. The summed E-state index contributed by atoms with van der Waals surface area (Å²) >= 11 is 1.43. The largest absolute Gasteiger partial charge is 0.497 e. The normalized spacial score (nSPS) is 10.5. The molecule has 0 spiro atoms. The molecule has 0 bridgehead atoms. The first kappa shape index (κ1) is 17.9. The van der Waals surface area contributed by atoms with Crippen LogP contribution in [-0.2, 0) is 0 Å². The second-order valence-corrected chi connectivity index (χ2v) is 7.02. The number of nitrogens with zero attached hydrogens (tertiary/aromatic N) is 1. The Morgan fingerprint density at radius 1 is 1.08 bits per heavy atom. The van der Waals surface area contributed by atoms with E-state index in [1.54, 1.807) is 20.3 Å². The van der Waals surface area contributed by atoms with Crippen LogP contribution in [-0.4, -0.2) is 25.1 Å². The van der Waals surface area contributed by atoms with Crippen molar-refractivity contribution in [2.24, 2.45) is 0 Å². The molecular weight excluding hydrogens is 348 g/mol. The summed E-state index contributed by atoms with van der Waals surface area (Å²) in [6.07, 6.45) is 0. The third-order valence-corrected chi connectivity index (χ3v) is 4.85. The van der Waals surface area contributed by atoms with Crippen LogP contribution in [0.5, 0.6) is 11.5 Å². The van der Waals surface area contributed by atoms with Crippen LogP contribution < -0.4 is 14.8 Å². The molecule has 134 valence electrons. The van der Waals surface area contributed by atoms with Crippen LogP contribution in [0, 0.1) is 13.8 Å². The highest BCUT2D eigenvalue weighted by molar-refractivity contribution is 7.16. The number of hydrogen-bond donors (Lipinski definition) is 1. The van der Waals surface area contributed by atoms with Gasteiger partial charge in [0, 0.05) is 16.0 Å². The van der Waals surface area contributed by atoms with E-state index in [0.29, 0.717) is 16.4 Å². The van der Waals surface area contributed by atoms with Crippen molar-refractivity contribution in [2.75, 3.05) is 19.5 Å². The minimum Gasteiger partial charge on any atom is -0.497 e.